The molecule has 0 aliphatic carbocycles. The third kappa shape index (κ3) is 2.83. The molecule has 1 rings (SSSR count). The van der Waals surface area contributed by atoms with Gasteiger partial charge in [-0.25, -0.2) is 4.79 Å². The number of hydrogen-bond acceptors (Lipinski definition) is 2. The third-order valence-corrected chi connectivity index (χ3v) is 2.15. The van der Waals surface area contributed by atoms with E-state index in [1.54, 1.807) is 6.92 Å². The molecule has 0 fully saturated rings. The van der Waals surface area contributed by atoms with Crippen molar-refractivity contribution in [2.75, 3.05) is 0 Å². The lowest BCUT2D eigenvalue weighted by atomic mass is 10.1. The molecule has 0 unspecified atom stereocenters. The van der Waals surface area contributed by atoms with Crippen LogP contribution in [0.3, 0.4) is 0 Å². The number of hydrogen-bond donors (Lipinski definition) is 0. The Morgan fingerprint density at radius 1 is 1.25 bits per heavy atom. The highest BCUT2D eigenvalue weighted by molar-refractivity contribution is 5.89. The summed E-state index contributed by atoms with van der Waals surface area (Å²) in [4.78, 5) is 11.4. The minimum atomic E-state index is -0.409. The van der Waals surface area contributed by atoms with Crippen LogP contribution in [0.15, 0.2) is 36.9 Å². The molecule has 2 nitrogen and oxygen atoms in total. The molecule has 0 bridgehead atoms. The molecule has 0 saturated carbocycles. The summed E-state index contributed by atoms with van der Waals surface area (Å²) in [7, 11) is 0. The molecule has 16 heavy (non-hydrogen) atoms. The number of ether oxygens (including phenoxy) is 1. The maximum absolute atomic E-state index is 11.4. The van der Waals surface area contributed by atoms with Crippen LogP contribution in [-0.2, 0) is 4.79 Å². The van der Waals surface area contributed by atoms with Gasteiger partial charge in [-0.3, -0.25) is 0 Å². The second-order valence-corrected chi connectivity index (χ2v) is 3.95. The molecule has 2 heteroatoms. The first-order valence-electron chi connectivity index (χ1n) is 5.06. The Bertz CT molecular complexity index is 456. The Hall–Kier alpha value is -1.83. The zero-order valence-electron chi connectivity index (χ0n) is 9.96. The first-order valence-corrected chi connectivity index (χ1v) is 5.06. The van der Waals surface area contributed by atoms with Gasteiger partial charge in [-0.05, 0) is 38.0 Å². The molecule has 0 aromatic heterocycles. The van der Waals surface area contributed by atoms with Crippen molar-refractivity contribution in [3.63, 3.8) is 0 Å². The molecule has 0 heterocycles. The summed E-state index contributed by atoms with van der Waals surface area (Å²) in [6.45, 7) is 12.9. The molecule has 0 spiro atoms. The van der Waals surface area contributed by atoms with E-state index in [-0.39, 0.29) is 0 Å². The van der Waals surface area contributed by atoms with Crippen LogP contribution in [0, 0.1) is 6.92 Å². The quantitative estimate of drug-likeness (QED) is 0.439. The van der Waals surface area contributed by atoms with Gasteiger partial charge in [0.15, 0.2) is 0 Å². The summed E-state index contributed by atoms with van der Waals surface area (Å²) in [5.41, 5.74) is 3.13. The van der Waals surface area contributed by atoms with Crippen LogP contribution in [0.1, 0.15) is 25.0 Å². The van der Waals surface area contributed by atoms with Crippen LogP contribution in [0.25, 0.3) is 5.57 Å². The van der Waals surface area contributed by atoms with Crippen molar-refractivity contribution >= 4 is 11.5 Å². The third-order valence-electron chi connectivity index (χ3n) is 2.15. The molecular formula is C14H16O2. The van der Waals surface area contributed by atoms with Gasteiger partial charge in [0.05, 0.1) is 0 Å². The summed E-state index contributed by atoms with van der Waals surface area (Å²) in [5, 5.41) is 0. The van der Waals surface area contributed by atoms with Crippen LogP contribution in [0.2, 0.25) is 0 Å². The Morgan fingerprint density at radius 3 is 2.38 bits per heavy atom. The van der Waals surface area contributed by atoms with Crippen molar-refractivity contribution < 1.29 is 9.53 Å². The van der Waals surface area contributed by atoms with E-state index in [9.17, 15) is 4.79 Å². The van der Waals surface area contributed by atoms with Crippen molar-refractivity contribution in [3.8, 4) is 5.75 Å². The number of carbonyl (C=O) groups is 1. The molecule has 0 aliphatic rings. The van der Waals surface area contributed by atoms with E-state index in [2.05, 4.69) is 13.2 Å². The smallest absolute Gasteiger partial charge is 0.338 e. The maximum atomic E-state index is 11.4. The number of aryl methyl sites for hydroxylation is 1. The van der Waals surface area contributed by atoms with E-state index in [4.69, 9.17) is 4.74 Å². The lowest BCUT2D eigenvalue weighted by Crippen LogP contribution is -2.09. The van der Waals surface area contributed by atoms with Crippen molar-refractivity contribution in [3.05, 3.63) is 48.1 Å². The SMILES string of the molecule is C=C(C)C(=O)Oc1cc(C)ccc1C(=C)C. The van der Waals surface area contributed by atoms with Crippen LogP contribution in [-0.4, -0.2) is 5.97 Å². The van der Waals surface area contributed by atoms with E-state index >= 15 is 0 Å². The van der Waals surface area contributed by atoms with Gasteiger partial charge >= 0.3 is 5.97 Å². The standard InChI is InChI=1S/C14H16O2/c1-9(2)12-7-6-11(5)8-13(12)16-14(15)10(3)4/h6-8H,1,3H2,2,4-5H3. The number of allylic oxidation sites excluding steroid dienone is 1. The summed E-state index contributed by atoms with van der Waals surface area (Å²) in [5.74, 6) is 0.133. The summed E-state index contributed by atoms with van der Waals surface area (Å²) in [6.07, 6.45) is 0. The molecule has 1 aromatic carbocycles. The monoisotopic (exact) mass is 216 g/mol. The average Bonchev–Trinajstić information content (AvgIpc) is 2.16. The van der Waals surface area contributed by atoms with Crippen molar-refractivity contribution in [1.29, 1.82) is 0 Å². The van der Waals surface area contributed by atoms with Crippen molar-refractivity contribution in [2.45, 2.75) is 20.8 Å². The Labute approximate surface area is 96.2 Å². The van der Waals surface area contributed by atoms with Gasteiger partial charge in [-0.2, -0.15) is 0 Å². The minimum absolute atomic E-state index is 0.383. The second-order valence-electron chi connectivity index (χ2n) is 3.95. The highest BCUT2D eigenvalue weighted by Crippen LogP contribution is 2.26. The number of esters is 1. The van der Waals surface area contributed by atoms with Crippen molar-refractivity contribution in [2.24, 2.45) is 0 Å². The lowest BCUT2D eigenvalue weighted by molar-refractivity contribution is -0.130. The van der Waals surface area contributed by atoms with E-state index in [1.807, 2.05) is 32.0 Å². The highest BCUT2D eigenvalue weighted by Gasteiger charge is 2.10. The van der Waals surface area contributed by atoms with Gasteiger partial charge in [-0.1, -0.05) is 25.3 Å². The highest BCUT2D eigenvalue weighted by atomic mass is 16.5. The second kappa shape index (κ2) is 4.79. The lowest BCUT2D eigenvalue weighted by Gasteiger charge is -2.10. The fourth-order valence-electron chi connectivity index (χ4n) is 1.25. The molecule has 1 aromatic rings. The summed E-state index contributed by atoms with van der Waals surface area (Å²) < 4.78 is 5.25. The van der Waals surface area contributed by atoms with Crippen LogP contribution < -0.4 is 4.74 Å². The van der Waals surface area contributed by atoms with E-state index in [1.165, 1.54) is 0 Å². The Kier molecular flexibility index (Phi) is 3.67. The zero-order valence-corrected chi connectivity index (χ0v) is 9.96. The molecule has 0 N–H and O–H groups in total. The number of carbonyl (C=O) groups excluding carboxylic acids is 1. The van der Waals surface area contributed by atoms with Crippen LogP contribution in [0.4, 0.5) is 0 Å². The molecule has 84 valence electrons. The number of benzene rings is 1. The molecule has 0 saturated heterocycles. The fourth-order valence-corrected chi connectivity index (χ4v) is 1.25. The minimum Gasteiger partial charge on any atom is -0.423 e. The van der Waals surface area contributed by atoms with Crippen LogP contribution in [0.5, 0.6) is 5.75 Å². The first-order chi connectivity index (χ1) is 7.41. The molecule has 0 aliphatic heterocycles. The maximum Gasteiger partial charge on any atom is 0.338 e. The van der Waals surface area contributed by atoms with E-state index in [0.29, 0.717) is 11.3 Å². The number of rotatable bonds is 3. The Morgan fingerprint density at radius 2 is 1.88 bits per heavy atom. The topological polar surface area (TPSA) is 26.3 Å². The first kappa shape index (κ1) is 12.2. The van der Waals surface area contributed by atoms with E-state index in [0.717, 1.165) is 16.7 Å². The predicted octanol–water partition coefficient (Wildman–Crippen LogP) is 3.51. The molecule has 0 amide bonds. The largest absolute Gasteiger partial charge is 0.423 e. The predicted molar refractivity (Wildman–Crippen MR) is 66.3 cm³/mol. The van der Waals surface area contributed by atoms with Gasteiger partial charge in [-0.15, -0.1) is 0 Å². The molecule has 0 radical (unpaired) electrons. The van der Waals surface area contributed by atoms with Gasteiger partial charge in [0.1, 0.15) is 5.75 Å². The molecular weight excluding hydrogens is 200 g/mol. The summed E-state index contributed by atoms with van der Waals surface area (Å²) >= 11 is 0. The molecule has 0 atom stereocenters. The normalized spacial score (nSPS) is 9.69. The fraction of sp³-hybridized carbons (Fsp3) is 0.214. The van der Waals surface area contributed by atoms with Gasteiger partial charge in [0, 0.05) is 11.1 Å². The summed E-state index contributed by atoms with van der Waals surface area (Å²) in [6, 6.07) is 5.69. The Balaban J connectivity index is 3.10. The van der Waals surface area contributed by atoms with Gasteiger partial charge < -0.3 is 4.74 Å². The average molecular weight is 216 g/mol. The van der Waals surface area contributed by atoms with Crippen LogP contribution >= 0.6 is 0 Å². The van der Waals surface area contributed by atoms with E-state index < -0.39 is 5.97 Å². The van der Waals surface area contributed by atoms with Gasteiger partial charge in [0.2, 0.25) is 0 Å². The van der Waals surface area contributed by atoms with Gasteiger partial charge in [0.25, 0.3) is 0 Å². The van der Waals surface area contributed by atoms with Crippen molar-refractivity contribution in [1.82, 2.24) is 0 Å². The zero-order chi connectivity index (χ0) is 12.3.